The molecule has 0 aliphatic carbocycles. The predicted molar refractivity (Wildman–Crippen MR) is 82.7 cm³/mol. The molecular formula is C17H14FNO5. The van der Waals surface area contributed by atoms with Gasteiger partial charge in [-0.15, -0.1) is 0 Å². The standard InChI is InChI=1S/C17H14FNO5/c18-12-3-1-2-4-13(12)19-16(20)10-24-17(21)11-5-6-14-15(9-11)23-8-7-22-14/h1-6,9H,7-8,10H2,(H,19,20). The molecule has 3 rings (SSSR count). The molecule has 2 aromatic rings. The van der Waals surface area contributed by atoms with Crippen LogP contribution in [0.3, 0.4) is 0 Å². The summed E-state index contributed by atoms with van der Waals surface area (Å²) in [6.07, 6.45) is 0. The molecule has 7 heteroatoms. The number of para-hydroxylation sites is 1. The van der Waals surface area contributed by atoms with Gasteiger partial charge in [0.2, 0.25) is 0 Å². The lowest BCUT2D eigenvalue weighted by Gasteiger charge is -2.18. The van der Waals surface area contributed by atoms with E-state index in [9.17, 15) is 14.0 Å². The maximum atomic E-state index is 13.4. The average Bonchev–Trinajstić information content (AvgIpc) is 2.61. The summed E-state index contributed by atoms with van der Waals surface area (Å²) in [5.74, 6) is -0.882. The molecule has 0 saturated carbocycles. The summed E-state index contributed by atoms with van der Waals surface area (Å²) in [7, 11) is 0. The number of anilines is 1. The van der Waals surface area contributed by atoms with Crippen molar-refractivity contribution in [3.05, 3.63) is 53.8 Å². The smallest absolute Gasteiger partial charge is 0.338 e. The van der Waals surface area contributed by atoms with Crippen LogP contribution in [0.25, 0.3) is 0 Å². The average molecular weight is 331 g/mol. The Kier molecular flexibility index (Phi) is 4.60. The highest BCUT2D eigenvalue weighted by molar-refractivity contribution is 5.95. The molecule has 0 bridgehead atoms. The highest BCUT2D eigenvalue weighted by Crippen LogP contribution is 2.30. The van der Waals surface area contributed by atoms with Crippen LogP contribution < -0.4 is 14.8 Å². The first-order valence-corrected chi connectivity index (χ1v) is 7.24. The van der Waals surface area contributed by atoms with Gasteiger partial charge in [-0.05, 0) is 30.3 Å². The lowest BCUT2D eigenvalue weighted by atomic mass is 10.2. The van der Waals surface area contributed by atoms with Crippen LogP contribution in [0.2, 0.25) is 0 Å². The number of halogens is 1. The molecule has 0 spiro atoms. The molecule has 2 aromatic carbocycles. The molecule has 0 atom stereocenters. The van der Waals surface area contributed by atoms with Gasteiger partial charge >= 0.3 is 5.97 Å². The number of rotatable bonds is 4. The Morgan fingerprint density at radius 3 is 2.62 bits per heavy atom. The number of esters is 1. The molecule has 0 saturated heterocycles. The van der Waals surface area contributed by atoms with E-state index in [0.29, 0.717) is 24.7 Å². The normalized spacial score (nSPS) is 12.4. The van der Waals surface area contributed by atoms with Gasteiger partial charge < -0.3 is 19.5 Å². The van der Waals surface area contributed by atoms with Crippen LogP contribution in [0.5, 0.6) is 11.5 Å². The van der Waals surface area contributed by atoms with Crippen LogP contribution in [0.15, 0.2) is 42.5 Å². The molecular weight excluding hydrogens is 317 g/mol. The fourth-order valence-electron chi connectivity index (χ4n) is 2.13. The zero-order chi connectivity index (χ0) is 16.9. The minimum absolute atomic E-state index is 0.0258. The third kappa shape index (κ3) is 3.62. The molecule has 124 valence electrons. The van der Waals surface area contributed by atoms with Crippen LogP contribution in [0.1, 0.15) is 10.4 Å². The quantitative estimate of drug-likeness (QED) is 0.871. The third-order valence-corrected chi connectivity index (χ3v) is 3.26. The van der Waals surface area contributed by atoms with Crippen molar-refractivity contribution in [2.75, 3.05) is 25.1 Å². The summed E-state index contributed by atoms with van der Waals surface area (Å²) in [5, 5.41) is 2.33. The second kappa shape index (κ2) is 6.99. The van der Waals surface area contributed by atoms with E-state index in [2.05, 4.69) is 5.32 Å². The minimum Gasteiger partial charge on any atom is -0.486 e. The van der Waals surface area contributed by atoms with Crippen LogP contribution in [-0.4, -0.2) is 31.7 Å². The van der Waals surface area contributed by atoms with Crippen LogP contribution >= 0.6 is 0 Å². The molecule has 1 aliphatic rings. The van der Waals surface area contributed by atoms with Crippen LogP contribution in [-0.2, 0) is 9.53 Å². The maximum absolute atomic E-state index is 13.4. The van der Waals surface area contributed by atoms with Crippen molar-refractivity contribution in [3.8, 4) is 11.5 Å². The van der Waals surface area contributed by atoms with E-state index >= 15 is 0 Å². The first-order chi connectivity index (χ1) is 11.6. The number of hydrogen-bond acceptors (Lipinski definition) is 5. The molecule has 1 heterocycles. The zero-order valence-electron chi connectivity index (χ0n) is 12.6. The lowest BCUT2D eigenvalue weighted by Crippen LogP contribution is -2.21. The van der Waals surface area contributed by atoms with Crippen molar-refractivity contribution in [2.45, 2.75) is 0 Å². The van der Waals surface area contributed by atoms with Crippen molar-refractivity contribution >= 4 is 17.6 Å². The number of carbonyl (C=O) groups excluding carboxylic acids is 2. The monoisotopic (exact) mass is 331 g/mol. The van der Waals surface area contributed by atoms with Gasteiger partial charge in [-0.3, -0.25) is 4.79 Å². The Labute approximate surface area is 137 Å². The minimum atomic E-state index is -0.685. The van der Waals surface area contributed by atoms with Gasteiger partial charge in [0.05, 0.1) is 11.3 Å². The summed E-state index contributed by atoms with van der Waals surface area (Å²) in [5.41, 5.74) is 0.260. The zero-order valence-corrected chi connectivity index (χ0v) is 12.6. The van der Waals surface area contributed by atoms with Crippen molar-refractivity contribution in [1.82, 2.24) is 0 Å². The number of carbonyl (C=O) groups is 2. The fraction of sp³-hybridized carbons (Fsp3) is 0.176. The van der Waals surface area contributed by atoms with E-state index in [1.165, 1.54) is 30.3 Å². The van der Waals surface area contributed by atoms with Gasteiger partial charge in [-0.25, -0.2) is 9.18 Å². The third-order valence-electron chi connectivity index (χ3n) is 3.26. The summed E-state index contributed by atoms with van der Waals surface area (Å²) in [6.45, 7) is 0.325. The molecule has 1 amide bonds. The van der Waals surface area contributed by atoms with E-state index < -0.39 is 24.3 Å². The Balaban J connectivity index is 1.57. The SMILES string of the molecule is O=C(COC(=O)c1ccc2c(c1)OCCO2)Nc1ccccc1F. The first-order valence-electron chi connectivity index (χ1n) is 7.24. The molecule has 1 N–H and O–H groups in total. The number of hydrogen-bond donors (Lipinski definition) is 1. The molecule has 0 radical (unpaired) electrons. The number of ether oxygens (including phenoxy) is 3. The van der Waals surface area contributed by atoms with Gasteiger partial charge in [-0.2, -0.15) is 0 Å². The first kappa shape index (κ1) is 15.8. The Morgan fingerprint density at radius 2 is 1.83 bits per heavy atom. The highest BCUT2D eigenvalue weighted by Gasteiger charge is 2.17. The Bertz CT molecular complexity index is 777. The van der Waals surface area contributed by atoms with E-state index in [0.717, 1.165) is 0 Å². The van der Waals surface area contributed by atoms with Gasteiger partial charge in [0, 0.05) is 0 Å². The largest absolute Gasteiger partial charge is 0.486 e. The second-order valence-electron chi connectivity index (χ2n) is 4.96. The van der Waals surface area contributed by atoms with E-state index in [4.69, 9.17) is 14.2 Å². The van der Waals surface area contributed by atoms with Crippen molar-refractivity contribution in [2.24, 2.45) is 0 Å². The summed E-state index contributed by atoms with van der Waals surface area (Å²) >= 11 is 0. The number of amides is 1. The summed E-state index contributed by atoms with van der Waals surface area (Å²) < 4.78 is 29.1. The predicted octanol–water partition coefficient (Wildman–Crippen LogP) is 2.39. The number of fused-ring (bicyclic) bond motifs is 1. The van der Waals surface area contributed by atoms with E-state index in [-0.39, 0.29) is 11.3 Å². The van der Waals surface area contributed by atoms with Gasteiger partial charge in [0.15, 0.2) is 18.1 Å². The lowest BCUT2D eigenvalue weighted by molar-refractivity contribution is -0.119. The maximum Gasteiger partial charge on any atom is 0.338 e. The number of nitrogens with one attached hydrogen (secondary N) is 1. The van der Waals surface area contributed by atoms with Gasteiger partial charge in [0.25, 0.3) is 5.91 Å². The van der Waals surface area contributed by atoms with Crippen molar-refractivity contribution in [1.29, 1.82) is 0 Å². The van der Waals surface area contributed by atoms with E-state index in [1.54, 1.807) is 12.1 Å². The summed E-state index contributed by atoms with van der Waals surface area (Å²) in [4.78, 5) is 23.7. The van der Waals surface area contributed by atoms with Crippen LogP contribution in [0.4, 0.5) is 10.1 Å². The van der Waals surface area contributed by atoms with E-state index in [1.807, 2.05) is 0 Å². The van der Waals surface area contributed by atoms with Crippen molar-refractivity contribution in [3.63, 3.8) is 0 Å². The molecule has 1 aliphatic heterocycles. The molecule has 0 unspecified atom stereocenters. The Hall–Kier alpha value is -3.09. The molecule has 0 fully saturated rings. The topological polar surface area (TPSA) is 73.9 Å². The van der Waals surface area contributed by atoms with Gasteiger partial charge in [0.1, 0.15) is 19.0 Å². The van der Waals surface area contributed by atoms with Crippen molar-refractivity contribution < 1.29 is 28.2 Å². The second-order valence-corrected chi connectivity index (χ2v) is 4.96. The Morgan fingerprint density at radius 1 is 1.08 bits per heavy atom. The molecule has 6 nitrogen and oxygen atoms in total. The fourth-order valence-corrected chi connectivity index (χ4v) is 2.13. The molecule has 0 aromatic heterocycles. The highest BCUT2D eigenvalue weighted by atomic mass is 19.1. The number of benzene rings is 2. The summed E-state index contributed by atoms with van der Waals surface area (Å²) in [6, 6.07) is 10.3. The molecule has 24 heavy (non-hydrogen) atoms. The van der Waals surface area contributed by atoms with Gasteiger partial charge in [-0.1, -0.05) is 12.1 Å². The van der Waals surface area contributed by atoms with Crippen LogP contribution in [0, 0.1) is 5.82 Å².